The Hall–Kier alpha value is -1.93. The second-order valence-corrected chi connectivity index (χ2v) is 8.77. The molecule has 0 radical (unpaired) electrons. The predicted octanol–water partition coefficient (Wildman–Crippen LogP) is 5.06. The van der Waals surface area contributed by atoms with Gasteiger partial charge in [-0.2, -0.15) is 5.10 Å². The SMILES string of the molecule is O=C(N1CC(Sc2ccc(Br)cc2)C1)N1N=CCC1c1cc(F)cc(F)c1. The fraction of sp³-hybridized carbons (Fsp3) is 0.263. The normalized spacial score (nSPS) is 19.4. The molecule has 1 fully saturated rings. The number of nitrogens with zero attached hydrogens (tertiary/aromatic N) is 3. The largest absolute Gasteiger partial charge is 0.341 e. The molecule has 2 aromatic carbocycles. The van der Waals surface area contributed by atoms with E-state index < -0.39 is 17.7 Å². The van der Waals surface area contributed by atoms with Crippen molar-refractivity contribution in [2.24, 2.45) is 5.10 Å². The molecule has 1 atom stereocenters. The summed E-state index contributed by atoms with van der Waals surface area (Å²) in [5, 5.41) is 5.79. The van der Waals surface area contributed by atoms with Crippen molar-refractivity contribution in [1.82, 2.24) is 9.91 Å². The molecule has 0 aromatic heterocycles. The molecule has 4 nitrogen and oxygen atoms in total. The van der Waals surface area contributed by atoms with Crippen molar-refractivity contribution in [1.29, 1.82) is 0 Å². The average molecular weight is 452 g/mol. The van der Waals surface area contributed by atoms with E-state index in [1.807, 2.05) is 24.3 Å². The van der Waals surface area contributed by atoms with Crippen molar-refractivity contribution in [2.75, 3.05) is 13.1 Å². The maximum Gasteiger partial charge on any atom is 0.341 e. The molecule has 0 saturated carbocycles. The number of hydrogen-bond donors (Lipinski definition) is 0. The lowest BCUT2D eigenvalue weighted by Crippen LogP contribution is -2.55. The molecule has 27 heavy (non-hydrogen) atoms. The number of carbonyl (C=O) groups is 1. The van der Waals surface area contributed by atoms with Crippen LogP contribution in [0.3, 0.4) is 0 Å². The van der Waals surface area contributed by atoms with Gasteiger partial charge in [0.15, 0.2) is 0 Å². The third-order valence-corrected chi connectivity index (χ3v) is 6.24. The highest BCUT2D eigenvalue weighted by atomic mass is 79.9. The summed E-state index contributed by atoms with van der Waals surface area (Å²) in [6.45, 7) is 1.24. The minimum Gasteiger partial charge on any atom is -0.321 e. The minimum atomic E-state index is -0.654. The Bertz CT molecular complexity index is 867. The topological polar surface area (TPSA) is 35.9 Å². The van der Waals surface area contributed by atoms with Gasteiger partial charge in [-0.3, -0.25) is 0 Å². The molecular formula is C19H16BrF2N3OS. The molecule has 2 aliphatic heterocycles. The zero-order chi connectivity index (χ0) is 19.0. The van der Waals surface area contributed by atoms with E-state index in [0.29, 0.717) is 30.3 Å². The van der Waals surface area contributed by atoms with Crippen LogP contribution in [0.25, 0.3) is 0 Å². The van der Waals surface area contributed by atoms with Gasteiger partial charge in [0.2, 0.25) is 0 Å². The third-order valence-electron chi connectivity index (χ3n) is 4.53. The zero-order valence-corrected chi connectivity index (χ0v) is 16.6. The Morgan fingerprint density at radius 1 is 1.11 bits per heavy atom. The molecule has 2 aromatic rings. The summed E-state index contributed by atoms with van der Waals surface area (Å²) < 4.78 is 28.1. The van der Waals surface area contributed by atoms with Crippen molar-refractivity contribution in [3.05, 3.63) is 64.1 Å². The number of carbonyl (C=O) groups excluding carboxylic acids is 1. The number of thioether (sulfide) groups is 1. The van der Waals surface area contributed by atoms with Crippen molar-refractivity contribution in [3.8, 4) is 0 Å². The first-order valence-electron chi connectivity index (χ1n) is 8.48. The van der Waals surface area contributed by atoms with E-state index in [9.17, 15) is 13.6 Å². The first-order chi connectivity index (χ1) is 13.0. The predicted molar refractivity (Wildman–Crippen MR) is 105 cm³/mol. The standard InChI is InChI=1S/C19H16BrF2N3OS/c20-13-1-3-16(4-2-13)27-17-10-24(11-17)19(26)25-18(5-6-23-25)12-7-14(21)9-15(22)8-12/h1-4,6-9,17-18H,5,10-11H2. The molecule has 1 unspecified atom stereocenters. The Kier molecular flexibility index (Phi) is 5.19. The molecule has 140 valence electrons. The first-order valence-corrected chi connectivity index (χ1v) is 10.2. The quantitative estimate of drug-likeness (QED) is 0.653. The van der Waals surface area contributed by atoms with Gasteiger partial charge in [0.25, 0.3) is 0 Å². The van der Waals surface area contributed by atoms with E-state index in [2.05, 4.69) is 21.0 Å². The highest BCUT2D eigenvalue weighted by molar-refractivity contribution is 9.10. The maximum atomic E-state index is 13.5. The Balaban J connectivity index is 1.38. The van der Waals surface area contributed by atoms with Crippen LogP contribution in [0.1, 0.15) is 18.0 Å². The summed E-state index contributed by atoms with van der Waals surface area (Å²) in [5.41, 5.74) is 0.416. The molecule has 2 heterocycles. The van der Waals surface area contributed by atoms with Crippen LogP contribution in [0.2, 0.25) is 0 Å². The molecule has 0 spiro atoms. The van der Waals surface area contributed by atoms with Gasteiger partial charge >= 0.3 is 6.03 Å². The van der Waals surface area contributed by atoms with E-state index in [-0.39, 0.29) is 6.03 Å². The molecule has 0 bridgehead atoms. The summed E-state index contributed by atoms with van der Waals surface area (Å²) in [5.74, 6) is -1.31. The van der Waals surface area contributed by atoms with Crippen LogP contribution in [-0.4, -0.2) is 40.5 Å². The molecule has 0 N–H and O–H groups in total. The lowest BCUT2D eigenvalue weighted by Gasteiger charge is -2.41. The maximum absolute atomic E-state index is 13.5. The fourth-order valence-corrected chi connectivity index (χ4v) is 4.61. The number of hydrazone groups is 1. The lowest BCUT2D eigenvalue weighted by atomic mass is 10.0. The van der Waals surface area contributed by atoms with E-state index in [4.69, 9.17) is 0 Å². The molecule has 1 saturated heterocycles. The zero-order valence-electron chi connectivity index (χ0n) is 14.2. The van der Waals surface area contributed by atoms with Gasteiger partial charge in [-0.05, 0) is 42.0 Å². The number of likely N-dealkylation sites (tertiary alicyclic amines) is 1. The van der Waals surface area contributed by atoms with Crippen LogP contribution >= 0.6 is 27.7 Å². The van der Waals surface area contributed by atoms with Crippen molar-refractivity contribution in [3.63, 3.8) is 0 Å². The molecule has 8 heteroatoms. The van der Waals surface area contributed by atoms with E-state index in [1.165, 1.54) is 17.1 Å². The van der Waals surface area contributed by atoms with Gasteiger partial charge in [0.1, 0.15) is 11.6 Å². The number of hydrogen-bond acceptors (Lipinski definition) is 3. The highest BCUT2D eigenvalue weighted by Gasteiger charge is 2.38. The monoisotopic (exact) mass is 451 g/mol. The average Bonchev–Trinajstić information content (AvgIpc) is 3.08. The number of halogens is 3. The van der Waals surface area contributed by atoms with Crippen molar-refractivity contribution >= 4 is 39.9 Å². The summed E-state index contributed by atoms with van der Waals surface area (Å²) in [7, 11) is 0. The van der Waals surface area contributed by atoms with Gasteiger partial charge < -0.3 is 4.90 Å². The van der Waals surface area contributed by atoms with Crippen LogP contribution in [0.5, 0.6) is 0 Å². The Morgan fingerprint density at radius 2 is 1.78 bits per heavy atom. The highest BCUT2D eigenvalue weighted by Crippen LogP contribution is 2.34. The molecule has 0 aliphatic carbocycles. The number of rotatable bonds is 3. The van der Waals surface area contributed by atoms with Crippen LogP contribution < -0.4 is 0 Å². The van der Waals surface area contributed by atoms with Crippen LogP contribution in [0.15, 0.2) is 56.9 Å². The smallest absolute Gasteiger partial charge is 0.321 e. The van der Waals surface area contributed by atoms with Gasteiger partial charge in [-0.25, -0.2) is 18.6 Å². The second-order valence-electron chi connectivity index (χ2n) is 6.48. The van der Waals surface area contributed by atoms with Crippen LogP contribution in [-0.2, 0) is 0 Å². The fourth-order valence-electron chi connectivity index (χ4n) is 3.16. The number of benzene rings is 2. The Labute approximate surface area is 168 Å². The van der Waals surface area contributed by atoms with Crippen LogP contribution in [0, 0.1) is 11.6 Å². The van der Waals surface area contributed by atoms with Crippen molar-refractivity contribution in [2.45, 2.75) is 22.6 Å². The summed E-state index contributed by atoms with van der Waals surface area (Å²) >= 11 is 5.15. The summed E-state index contributed by atoms with van der Waals surface area (Å²) in [6.07, 6.45) is 2.05. The minimum absolute atomic E-state index is 0.230. The summed E-state index contributed by atoms with van der Waals surface area (Å²) in [6, 6.07) is 10.7. The molecule has 4 rings (SSSR count). The van der Waals surface area contributed by atoms with E-state index >= 15 is 0 Å². The summed E-state index contributed by atoms with van der Waals surface area (Å²) in [4.78, 5) is 15.6. The molecular weight excluding hydrogens is 436 g/mol. The first kappa shape index (κ1) is 18.4. The molecule has 2 aliphatic rings. The van der Waals surface area contributed by atoms with Gasteiger partial charge in [-0.15, -0.1) is 11.8 Å². The second kappa shape index (κ2) is 7.59. The van der Waals surface area contributed by atoms with Crippen molar-refractivity contribution < 1.29 is 13.6 Å². The van der Waals surface area contributed by atoms with E-state index in [1.54, 1.807) is 22.9 Å². The van der Waals surface area contributed by atoms with Gasteiger partial charge in [-0.1, -0.05) is 15.9 Å². The van der Waals surface area contributed by atoms with Gasteiger partial charge in [0.05, 0.1) is 6.04 Å². The van der Waals surface area contributed by atoms with E-state index in [0.717, 1.165) is 15.4 Å². The lowest BCUT2D eigenvalue weighted by molar-refractivity contribution is 0.120. The number of urea groups is 1. The number of amides is 2. The van der Waals surface area contributed by atoms with Crippen LogP contribution in [0.4, 0.5) is 13.6 Å². The molecule has 2 amide bonds. The van der Waals surface area contributed by atoms with Gasteiger partial charge in [0, 0.05) is 46.4 Å². The third kappa shape index (κ3) is 4.01. The Morgan fingerprint density at radius 3 is 2.44 bits per heavy atom.